The smallest absolute Gasteiger partial charge is 0.211 e. The van der Waals surface area contributed by atoms with Crippen LogP contribution >= 0.6 is 0 Å². The van der Waals surface area contributed by atoms with Crippen LogP contribution in [0.1, 0.15) is 18.9 Å². The fourth-order valence-corrected chi connectivity index (χ4v) is 2.66. The molecule has 0 aliphatic heterocycles. The largest absolute Gasteiger partial charge is 0.313 e. The number of hydrogen-bond acceptors (Lipinski definition) is 4. The van der Waals surface area contributed by atoms with Crippen LogP contribution in [0.15, 0.2) is 12.4 Å². The third-order valence-electron chi connectivity index (χ3n) is 2.67. The van der Waals surface area contributed by atoms with Gasteiger partial charge in [0.05, 0.1) is 12.5 Å². The summed E-state index contributed by atoms with van der Waals surface area (Å²) in [4.78, 5) is 0. The van der Waals surface area contributed by atoms with Crippen molar-refractivity contribution >= 4 is 10.0 Å². The molecule has 0 unspecified atom stereocenters. The van der Waals surface area contributed by atoms with E-state index in [1.165, 1.54) is 10.6 Å². The fourth-order valence-electron chi connectivity index (χ4n) is 1.73. The minimum absolute atomic E-state index is 0.529. The normalized spacial score (nSPS) is 12.2. The average molecular weight is 274 g/mol. The Hall–Kier alpha value is -0.920. The SMILES string of the molecule is CCN(CCCNCc1cnn(C)c1)S(C)(=O)=O. The highest BCUT2D eigenvalue weighted by atomic mass is 32.2. The molecule has 1 aromatic heterocycles. The second-order valence-corrected chi connectivity index (χ2v) is 6.29. The standard InChI is InChI=1S/C11H22N4O2S/c1-4-15(18(3,16)17)7-5-6-12-8-11-9-13-14(2)10-11/h9-10,12H,4-8H2,1-3H3. The predicted octanol–water partition coefficient (Wildman–Crippen LogP) is 0.181. The molecule has 7 heteroatoms. The molecule has 0 spiro atoms. The van der Waals surface area contributed by atoms with Gasteiger partial charge in [0.15, 0.2) is 0 Å². The van der Waals surface area contributed by atoms with Crippen molar-refractivity contribution in [2.75, 3.05) is 25.9 Å². The molecule has 0 saturated heterocycles. The molecule has 0 radical (unpaired) electrons. The first kappa shape index (κ1) is 15.1. The van der Waals surface area contributed by atoms with Crippen molar-refractivity contribution in [3.05, 3.63) is 18.0 Å². The molecular formula is C11H22N4O2S. The van der Waals surface area contributed by atoms with Crippen molar-refractivity contribution in [1.82, 2.24) is 19.4 Å². The van der Waals surface area contributed by atoms with E-state index in [1.54, 1.807) is 4.68 Å². The molecule has 1 heterocycles. The first-order valence-electron chi connectivity index (χ1n) is 6.07. The van der Waals surface area contributed by atoms with Crippen molar-refractivity contribution in [3.63, 3.8) is 0 Å². The molecule has 0 amide bonds. The molecule has 1 N–H and O–H groups in total. The summed E-state index contributed by atoms with van der Waals surface area (Å²) in [5.41, 5.74) is 1.13. The molecule has 6 nitrogen and oxygen atoms in total. The molecule has 0 atom stereocenters. The lowest BCUT2D eigenvalue weighted by Crippen LogP contribution is -2.32. The quantitative estimate of drug-likeness (QED) is 0.687. The van der Waals surface area contributed by atoms with Gasteiger partial charge in [-0.2, -0.15) is 5.10 Å². The molecular weight excluding hydrogens is 252 g/mol. The first-order valence-corrected chi connectivity index (χ1v) is 7.91. The molecule has 104 valence electrons. The van der Waals surface area contributed by atoms with Crippen LogP contribution in [-0.4, -0.2) is 48.4 Å². The molecule has 0 fully saturated rings. The Labute approximate surface area is 109 Å². The Morgan fingerprint density at radius 3 is 2.72 bits per heavy atom. The molecule has 0 aliphatic rings. The Kier molecular flexibility index (Phi) is 5.77. The Morgan fingerprint density at radius 2 is 2.22 bits per heavy atom. The van der Waals surface area contributed by atoms with Crippen LogP contribution in [0.25, 0.3) is 0 Å². The third-order valence-corrected chi connectivity index (χ3v) is 4.05. The second kappa shape index (κ2) is 6.86. The van der Waals surface area contributed by atoms with Gasteiger partial charge in [0.25, 0.3) is 0 Å². The topological polar surface area (TPSA) is 67.2 Å². The summed E-state index contributed by atoms with van der Waals surface area (Å²) in [6.45, 7) is 4.50. The monoisotopic (exact) mass is 274 g/mol. The summed E-state index contributed by atoms with van der Waals surface area (Å²) >= 11 is 0. The van der Waals surface area contributed by atoms with Gasteiger partial charge in [-0.1, -0.05) is 6.92 Å². The van der Waals surface area contributed by atoms with Gasteiger partial charge in [-0.05, 0) is 13.0 Å². The summed E-state index contributed by atoms with van der Waals surface area (Å²) in [6.07, 6.45) is 5.84. The first-order chi connectivity index (χ1) is 8.43. The Balaban J connectivity index is 2.19. The minimum atomic E-state index is -3.06. The highest BCUT2D eigenvalue weighted by Crippen LogP contribution is 1.99. The van der Waals surface area contributed by atoms with Crippen LogP contribution in [-0.2, 0) is 23.6 Å². The van der Waals surface area contributed by atoms with E-state index < -0.39 is 10.0 Å². The number of aryl methyl sites for hydroxylation is 1. The number of hydrogen-bond donors (Lipinski definition) is 1. The highest BCUT2D eigenvalue weighted by molar-refractivity contribution is 7.88. The molecule has 1 aromatic rings. The summed E-state index contributed by atoms with van der Waals surface area (Å²) in [5, 5.41) is 7.35. The van der Waals surface area contributed by atoms with E-state index in [1.807, 2.05) is 26.4 Å². The van der Waals surface area contributed by atoms with E-state index in [0.717, 1.165) is 25.1 Å². The highest BCUT2D eigenvalue weighted by Gasteiger charge is 2.12. The summed E-state index contributed by atoms with van der Waals surface area (Å²) in [6, 6.07) is 0. The zero-order valence-corrected chi connectivity index (χ0v) is 12.1. The third kappa shape index (κ3) is 5.16. The van der Waals surface area contributed by atoms with Gasteiger partial charge in [-0.3, -0.25) is 4.68 Å². The van der Waals surface area contributed by atoms with Crippen LogP contribution < -0.4 is 5.32 Å². The number of sulfonamides is 1. The van der Waals surface area contributed by atoms with E-state index in [0.29, 0.717) is 13.1 Å². The van der Waals surface area contributed by atoms with Gasteiger partial charge in [0.2, 0.25) is 10.0 Å². The Morgan fingerprint density at radius 1 is 1.50 bits per heavy atom. The maximum Gasteiger partial charge on any atom is 0.211 e. The van der Waals surface area contributed by atoms with E-state index in [2.05, 4.69) is 10.4 Å². The van der Waals surface area contributed by atoms with Gasteiger partial charge < -0.3 is 5.32 Å². The summed E-state index contributed by atoms with van der Waals surface area (Å²) in [7, 11) is -1.18. The van der Waals surface area contributed by atoms with Gasteiger partial charge in [-0.25, -0.2) is 12.7 Å². The van der Waals surface area contributed by atoms with Crippen LogP contribution in [0, 0.1) is 0 Å². The van der Waals surface area contributed by atoms with Crippen molar-refractivity contribution < 1.29 is 8.42 Å². The lowest BCUT2D eigenvalue weighted by atomic mass is 10.3. The molecule has 0 aromatic carbocycles. The van der Waals surface area contributed by atoms with Crippen LogP contribution in [0.3, 0.4) is 0 Å². The molecule has 18 heavy (non-hydrogen) atoms. The van der Waals surface area contributed by atoms with Crippen LogP contribution in [0.5, 0.6) is 0 Å². The summed E-state index contributed by atoms with van der Waals surface area (Å²) < 4.78 is 25.9. The maximum atomic E-state index is 11.3. The van der Waals surface area contributed by atoms with Crippen molar-refractivity contribution in [3.8, 4) is 0 Å². The lowest BCUT2D eigenvalue weighted by molar-refractivity contribution is 0.419. The predicted molar refractivity (Wildman–Crippen MR) is 71.6 cm³/mol. The number of aromatic nitrogens is 2. The lowest BCUT2D eigenvalue weighted by Gasteiger charge is -2.17. The zero-order chi connectivity index (χ0) is 13.6. The van der Waals surface area contributed by atoms with E-state index >= 15 is 0 Å². The molecule has 1 rings (SSSR count). The molecule has 0 saturated carbocycles. The zero-order valence-electron chi connectivity index (χ0n) is 11.3. The average Bonchev–Trinajstić information content (AvgIpc) is 2.67. The van der Waals surface area contributed by atoms with E-state index in [4.69, 9.17) is 0 Å². The molecule has 0 aliphatic carbocycles. The van der Waals surface area contributed by atoms with E-state index in [-0.39, 0.29) is 0 Å². The maximum absolute atomic E-state index is 11.3. The van der Waals surface area contributed by atoms with Crippen molar-refractivity contribution in [2.24, 2.45) is 7.05 Å². The molecule has 0 bridgehead atoms. The van der Waals surface area contributed by atoms with Crippen LogP contribution in [0.2, 0.25) is 0 Å². The number of nitrogens with one attached hydrogen (secondary N) is 1. The number of nitrogens with zero attached hydrogens (tertiary/aromatic N) is 3. The van der Waals surface area contributed by atoms with Gasteiger partial charge in [0.1, 0.15) is 0 Å². The Bertz CT molecular complexity index is 455. The van der Waals surface area contributed by atoms with Crippen LogP contribution in [0.4, 0.5) is 0 Å². The van der Waals surface area contributed by atoms with Gasteiger partial charge >= 0.3 is 0 Å². The minimum Gasteiger partial charge on any atom is -0.313 e. The number of rotatable bonds is 8. The summed E-state index contributed by atoms with van der Waals surface area (Å²) in [5.74, 6) is 0. The van der Waals surface area contributed by atoms with Crippen molar-refractivity contribution in [2.45, 2.75) is 19.9 Å². The van der Waals surface area contributed by atoms with Gasteiger partial charge in [0, 0.05) is 38.4 Å². The van der Waals surface area contributed by atoms with Gasteiger partial charge in [-0.15, -0.1) is 0 Å². The van der Waals surface area contributed by atoms with Crippen molar-refractivity contribution in [1.29, 1.82) is 0 Å². The van der Waals surface area contributed by atoms with E-state index in [9.17, 15) is 8.42 Å². The fraction of sp³-hybridized carbons (Fsp3) is 0.727. The second-order valence-electron chi connectivity index (χ2n) is 4.31.